The van der Waals surface area contributed by atoms with Crippen molar-refractivity contribution in [3.8, 4) is 0 Å². The van der Waals surface area contributed by atoms with Crippen LogP contribution in [-0.2, 0) is 6.42 Å². The number of nitrogens with one attached hydrogen (secondary N) is 2. The summed E-state index contributed by atoms with van der Waals surface area (Å²) in [6.45, 7) is 7.65. The van der Waals surface area contributed by atoms with Crippen molar-refractivity contribution in [2.45, 2.75) is 39.7 Å². The minimum absolute atomic E-state index is 0.213. The van der Waals surface area contributed by atoms with E-state index < -0.39 is 0 Å². The highest BCUT2D eigenvalue weighted by atomic mass is 16.2. The predicted octanol–water partition coefficient (Wildman–Crippen LogP) is 1.50. The molecule has 0 aromatic carbocycles. The van der Waals surface area contributed by atoms with Crippen molar-refractivity contribution >= 4 is 17.5 Å². The van der Waals surface area contributed by atoms with Gasteiger partial charge in [0.2, 0.25) is 5.82 Å². The van der Waals surface area contributed by atoms with Crippen molar-refractivity contribution in [3.63, 3.8) is 0 Å². The molecule has 138 valence electrons. The van der Waals surface area contributed by atoms with Gasteiger partial charge in [-0.2, -0.15) is 0 Å². The first-order valence-electron chi connectivity index (χ1n) is 8.91. The van der Waals surface area contributed by atoms with Crippen LogP contribution >= 0.6 is 0 Å². The molecule has 1 amide bonds. The van der Waals surface area contributed by atoms with Crippen molar-refractivity contribution < 1.29 is 4.79 Å². The monoisotopic (exact) mass is 355 g/mol. The van der Waals surface area contributed by atoms with E-state index in [1.54, 1.807) is 13.4 Å². The summed E-state index contributed by atoms with van der Waals surface area (Å²) in [5, 5.41) is 6.07. The van der Waals surface area contributed by atoms with E-state index in [0.29, 0.717) is 0 Å². The van der Waals surface area contributed by atoms with Gasteiger partial charge in [0.15, 0.2) is 0 Å². The second kappa shape index (κ2) is 7.63. The molecule has 0 radical (unpaired) electrons. The minimum Gasteiger partial charge on any atom is -0.365 e. The molecule has 1 saturated heterocycles. The second-order valence-electron chi connectivity index (χ2n) is 6.48. The van der Waals surface area contributed by atoms with Crippen LogP contribution in [0.1, 0.15) is 40.9 Å². The molecule has 8 heteroatoms. The zero-order valence-electron chi connectivity index (χ0n) is 15.7. The van der Waals surface area contributed by atoms with Crippen LogP contribution in [0.25, 0.3) is 0 Å². The maximum absolute atomic E-state index is 11.9. The standard InChI is InChI=1S/C18H25N7O/c1-5-13-8-15(21-10-20-13)23-14-6-7-25(9-14)17-11(2)12(3)22-16(24-17)18(26)19-4/h8,10,14H,5-7,9H2,1-4H3,(H,19,26)(H,20,21,23)/t14-/m1/s1. The number of aromatic nitrogens is 4. The Morgan fingerprint density at radius 1 is 1.31 bits per heavy atom. The molecule has 0 aliphatic carbocycles. The van der Waals surface area contributed by atoms with Gasteiger partial charge in [-0.15, -0.1) is 0 Å². The minimum atomic E-state index is -0.267. The van der Waals surface area contributed by atoms with Crippen LogP contribution in [0, 0.1) is 13.8 Å². The van der Waals surface area contributed by atoms with Crippen molar-refractivity contribution in [2.75, 3.05) is 30.4 Å². The molecule has 1 aliphatic rings. The molecule has 3 rings (SSSR count). The molecular weight excluding hydrogens is 330 g/mol. The zero-order chi connectivity index (χ0) is 18.7. The summed E-state index contributed by atoms with van der Waals surface area (Å²) in [5.41, 5.74) is 2.86. The number of hydrogen-bond donors (Lipinski definition) is 2. The zero-order valence-corrected chi connectivity index (χ0v) is 15.7. The lowest BCUT2D eigenvalue weighted by Gasteiger charge is -2.21. The summed E-state index contributed by atoms with van der Waals surface area (Å²) in [7, 11) is 1.59. The van der Waals surface area contributed by atoms with Gasteiger partial charge in [0.25, 0.3) is 5.91 Å². The fourth-order valence-electron chi connectivity index (χ4n) is 3.08. The van der Waals surface area contributed by atoms with Gasteiger partial charge in [-0.05, 0) is 26.7 Å². The molecule has 3 heterocycles. The Balaban J connectivity index is 1.76. The highest BCUT2D eigenvalue weighted by Gasteiger charge is 2.26. The number of amides is 1. The molecule has 26 heavy (non-hydrogen) atoms. The molecule has 0 bridgehead atoms. The number of carbonyl (C=O) groups is 1. The van der Waals surface area contributed by atoms with E-state index in [0.717, 1.165) is 54.5 Å². The Kier molecular flexibility index (Phi) is 5.29. The predicted molar refractivity (Wildman–Crippen MR) is 101 cm³/mol. The maximum atomic E-state index is 11.9. The lowest BCUT2D eigenvalue weighted by molar-refractivity contribution is 0.0952. The molecule has 2 aromatic heterocycles. The average Bonchev–Trinajstić information content (AvgIpc) is 3.11. The summed E-state index contributed by atoms with van der Waals surface area (Å²) in [6.07, 6.45) is 3.46. The molecule has 8 nitrogen and oxygen atoms in total. The van der Waals surface area contributed by atoms with E-state index in [2.05, 4.69) is 42.4 Å². The lowest BCUT2D eigenvalue weighted by Crippen LogP contribution is -2.29. The number of anilines is 2. The number of aryl methyl sites for hydroxylation is 2. The third-order valence-corrected chi connectivity index (χ3v) is 4.72. The maximum Gasteiger partial charge on any atom is 0.288 e. The van der Waals surface area contributed by atoms with Gasteiger partial charge in [0, 0.05) is 49.2 Å². The quantitative estimate of drug-likeness (QED) is 0.839. The van der Waals surface area contributed by atoms with Gasteiger partial charge in [-0.25, -0.2) is 19.9 Å². The molecule has 2 aromatic rings. The first-order valence-corrected chi connectivity index (χ1v) is 8.91. The van der Waals surface area contributed by atoms with Gasteiger partial charge in [-0.1, -0.05) is 6.92 Å². The molecular formula is C18H25N7O. The Hall–Kier alpha value is -2.77. The van der Waals surface area contributed by atoms with E-state index in [4.69, 9.17) is 0 Å². The Morgan fingerprint density at radius 3 is 2.85 bits per heavy atom. The van der Waals surface area contributed by atoms with Crippen LogP contribution in [0.5, 0.6) is 0 Å². The Labute approximate surface area is 153 Å². The van der Waals surface area contributed by atoms with Crippen molar-refractivity contribution in [1.82, 2.24) is 25.3 Å². The van der Waals surface area contributed by atoms with Crippen molar-refractivity contribution in [3.05, 3.63) is 35.2 Å². The lowest BCUT2D eigenvalue weighted by atomic mass is 10.2. The van der Waals surface area contributed by atoms with Crippen molar-refractivity contribution in [1.29, 1.82) is 0 Å². The fraction of sp³-hybridized carbons (Fsp3) is 0.500. The normalized spacial score (nSPS) is 16.6. The molecule has 1 fully saturated rings. The average molecular weight is 355 g/mol. The van der Waals surface area contributed by atoms with Crippen LogP contribution in [0.4, 0.5) is 11.6 Å². The highest BCUT2D eigenvalue weighted by Crippen LogP contribution is 2.25. The number of hydrogen-bond acceptors (Lipinski definition) is 7. The molecule has 1 aliphatic heterocycles. The molecule has 0 unspecified atom stereocenters. The van der Waals surface area contributed by atoms with E-state index in [-0.39, 0.29) is 17.8 Å². The molecule has 1 atom stereocenters. The number of carbonyl (C=O) groups excluding carboxylic acids is 1. The van der Waals surface area contributed by atoms with Gasteiger partial charge in [-0.3, -0.25) is 4.79 Å². The van der Waals surface area contributed by atoms with E-state index in [9.17, 15) is 4.79 Å². The smallest absolute Gasteiger partial charge is 0.288 e. The van der Waals surface area contributed by atoms with Gasteiger partial charge >= 0.3 is 0 Å². The highest BCUT2D eigenvalue weighted by molar-refractivity contribution is 5.90. The summed E-state index contributed by atoms with van der Waals surface area (Å²) in [5.74, 6) is 1.63. The number of nitrogens with zero attached hydrogens (tertiary/aromatic N) is 5. The Morgan fingerprint density at radius 2 is 2.12 bits per heavy atom. The summed E-state index contributed by atoms with van der Waals surface area (Å²) in [6, 6.07) is 2.26. The summed E-state index contributed by atoms with van der Waals surface area (Å²) >= 11 is 0. The molecule has 2 N–H and O–H groups in total. The van der Waals surface area contributed by atoms with Crippen LogP contribution in [0.2, 0.25) is 0 Å². The third kappa shape index (κ3) is 3.74. The molecule has 0 saturated carbocycles. The molecule has 0 spiro atoms. The first-order chi connectivity index (χ1) is 12.5. The number of rotatable bonds is 5. The van der Waals surface area contributed by atoms with Crippen LogP contribution in [0.15, 0.2) is 12.4 Å². The SMILES string of the molecule is CCc1cc(N[C@@H]2CCN(c3nc(C(=O)NC)nc(C)c3C)C2)ncn1. The van der Waals surface area contributed by atoms with E-state index in [1.807, 2.05) is 19.9 Å². The van der Waals surface area contributed by atoms with Gasteiger partial charge in [0.1, 0.15) is 18.0 Å². The largest absolute Gasteiger partial charge is 0.365 e. The van der Waals surface area contributed by atoms with Crippen molar-refractivity contribution in [2.24, 2.45) is 0 Å². The summed E-state index contributed by atoms with van der Waals surface area (Å²) < 4.78 is 0. The first kappa shape index (κ1) is 18.0. The summed E-state index contributed by atoms with van der Waals surface area (Å²) in [4.78, 5) is 31.5. The fourth-order valence-corrected chi connectivity index (χ4v) is 3.08. The second-order valence-corrected chi connectivity index (χ2v) is 6.48. The van der Waals surface area contributed by atoms with Gasteiger partial charge in [0.05, 0.1) is 0 Å². The van der Waals surface area contributed by atoms with Crippen LogP contribution in [-0.4, -0.2) is 52.0 Å². The van der Waals surface area contributed by atoms with E-state index in [1.165, 1.54) is 0 Å². The van der Waals surface area contributed by atoms with Crippen LogP contribution in [0.3, 0.4) is 0 Å². The topological polar surface area (TPSA) is 95.9 Å². The third-order valence-electron chi connectivity index (χ3n) is 4.72. The van der Waals surface area contributed by atoms with Crippen LogP contribution < -0.4 is 15.5 Å². The van der Waals surface area contributed by atoms with E-state index >= 15 is 0 Å². The van der Waals surface area contributed by atoms with Gasteiger partial charge < -0.3 is 15.5 Å². The Bertz CT molecular complexity index is 808.